The maximum atomic E-state index is 13.5. The lowest BCUT2D eigenvalue weighted by atomic mass is 9.80. The van der Waals surface area contributed by atoms with E-state index in [9.17, 15) is 19.5 Å². The van der Waals surface area contributed by atoms with E-state index in [1.54, 1.807) is 0 Å². The van der Waals surface area contributed by atoms with Gasteiger partial charge in [0.2, 0.25) is 11.8 Å². The van der Waals surface area contributed by atoms with Crippen LogP contribution in [0.3, 0.4) is 0 Å². The van der Waals surface area contributed by atoms with Gasteiger partial charge in [0, 0.05) is 6.04 Å². The maximum absolute atomic E-state index is 13.5. The van der Waals surface area contributed by atoms with Crippen LogP contribution in [0.4, 0.5) is 0 Å². The van der Waals surface area contributed by atoms with E-state index in [-0.39, 0.29) is 12.5 Å². The Balaban J connectivity index is 1.61. The Morgan fingerprint density at radius 1 is 0.968 bits per heavy atom. The van der Waals surface area contributed by atoms with Crippen molar-refractivity contribution < 1.29 is 19.5 Å². The summed E-state index contributed by atoms with van der Waals surface area (Å²) in [7, 11) is 0. The number of fused-ring (bicyclic) bond motifs is 2. The molecule has 2 fully saturated rings. The lowest BCUT2D eigenvalue weighted by Crippen LogP contribution is -2.53. The molecule has 4 atom stereocenters. The van der Waals surface area contributed by atoms with Gasteiger partial charge in [0.1, 0.15) is 5.54 Å². The molecule has 2 heterocycles. The van der Waals surface area contributed by atoms with Crippen molar-refractivity contribution in [3.8, 4) is 0 Å². The van der Waals surface area contributed by atoms with Crippen molar-refractivity contribution >= 4 is 28.6 Å². The molecule has 0 bridgehead atoms. The van der Waals surface area contributed by atoms with E-state index in [0.717, 1.165) is 21.9 Å². The monoisotopic (exact) mass is 414 g/mol. The molecule has 0 radical (unpaired) electrons. The summed E-state index contributed by atoms with van der Waals surface area (Å²) < 4.78 is 0. The fraction of sp³-hybridized carbons (Fsp3) is 0.240. The van der Waals surface area contributed by atoms with Crippen LogP contribution in [0.15, 0.2) is 72.8 Å². The lowest BCUT2D eigenvalue weighted by Gasteiger charge is -2.27. The van der Waals surface area contributed by atoms with Crippen molar-refractivity contribution in [3.05, 3.63) is 83.9 Å². The largest absolute Gasteiger partial charge is 0.480 e. The highest BCUT2D eigenvalue weighted by Gasteiger charge is 2.66. The molecule has 2 saturated heterocycles. The molecule has 31 heavy (non-hydrogen) atoms. The SMILES string of the molecule is CC1(C(=O)O)NC(c2cccc3ccccc23)C2C(=O)N(Cc3ccccc3)C(=O)C21. The smallest absolute Gasteiger partial charge is 0.324 e. The van der Waals surface area contributed by atoms with Gasteiger partial charge >= 0.3 is 5.97 Å². The van der Waals surface area contributed by atoms with E-state index in [0.29, 0.717) is 0 Å². The van der Waals surface area contributed by atoms with Crippen LogP contribution in [0.5, 0.6) is 0 Å². The Morgan fingerprint density at radius 3 is 2.39 bits per heavy atom. The second-order valence-corrected chi connectivity index (χ2v) is 8.45. The van der Waals surface area contributed by atoms with Crippen molar-refractivity contribution in [1.82, 2.24) is 10.2 Å². The van der Waals surface area contributed by atoms with Crippen LogP contribution in [0, 0.1) is 11.8 Å². The van der Waals surface area contributed by atoms with Gasteiger partial charge < -0.3 is 5.11 Å². The number of hydrogen-bond acceptors (Lipinski definition) is 4. The molecule has 2 aliphatic heterocycles. The highest BCUT2D eigenvalue weighted by Crippen LogP contribution is 2.50. The third-order valence-electron chi connectivity index (χ3n) is 6.67. The second-order valence-electron chi connectivity index (χ2n) is 8.45. The fourth-order valence-corrected chi connectivity index (χ4v) is 5.11. The van der Waals surface area contributed by atoms with E-state index < -0.39 is 35.3 Å². The molecule has 0 aromatic heterocycles. The van der Waals surface area contributed by atoms with Crippen molar-refractivity contribution in [2.75, 3.05) is 0 Å². The molecule has 6 heteroatoms. The predicted octanol–water partition coefficient (Wildman–Crippen LogP) is 3.13. The first kappa shape index (κ1) is 19.5. The third-order valence-corrected chi connectivity index (χ3v) is 6.67. The Morgan fingerprint density at radius 2 is 1.65 bits per heavy atom. The molecular weight excluding hydrogens is 392 g/mol. The molecule has 2 amide bonds. The first-order valence-electron chi connectivity index (χ1n) is 10.3. The van der Waals surface area contributed by atoms with Gasteiger partial charge in [-0.2, -0.15) is 0 Å². The molecule has 0 spiro atoms. The Kier molecular flexibility index (Phi) is 4.41. The topological polar surface area (TPSA) is 86.7 Å². The number of nitrogens with zero attached hydrogens (tertiary/aromatic N) is 1. The zero-order chi connectivity index (χ0) is 21.8. The van der Waals surface area contributed by atoms with Crippen molar-refractivity contribution in [2.45, 2.75) is 25.0 Å². The maximum Gasteiger partial charge on any atom is 0.324 e. The van der Waals surface area contributed by atoms with Crippen LogP contribution in [-0.4, -0.2) is 33.3 Å². The summed E-state index contributed by atoms with van der Waals surface area (Å²) in [6.45, 7) is 1.65. The van der Waals surface area contributed by atoms with Gasteiger partial charge in [-0.15, -0.1) is 0 Å². The highest BCUT2D eigenvalue weighted by atomic mass is 16.4. The molecule has 0 saturated carbocycles. The summed E-state index contributed by atoms with van der Waals surface area (Å²) >= 11 is 0. The van der Waals surface area contributed by atoms with Crippen LogP contribution in [0.1, 0.15) is 24.1 Å². The van der Waals surface area contributed by atoms with E-state index in [4.69, 9.17) is 0 Å². The molecule has 3 aromatic rings. The first-order valence-corrected chi connectivity index (χ1v) is 10.3. The summed E-state index contributed by atoms with van der Waals surface area (Å²) in [4.78, 5) is 40.4. The predicted molar refractivity (Wildman–Crippen MR) is 115 cm³/mol. The minimum Gasteiger partial charge on any atom is -0.480 e. The Labute approximate surface area is 179 Å². The normalized spacial score (nSPS) is 27.6. The molecule has 6 nitrogen and oxygen atoms in total. The number of aliphatic carboxylic acids is 1. The van der Waals surface area contributed by atoms with Gasteiger partial charge in [-0.25, -0.2) is 0 Å². The zero-order valence-electron chi connectivity index (χ0n) is 17.0. The van der Waals surface area contributed by atoms with Gasteiger partial charge in [-0.3, -0.25) is 24.6 Å². The van der Waals surface area contributed by atoms with Gasteiger partial charge in [0.25, 0.3) is 0 Å². The average molecular weight is 414 g/mol. The van der Waals surface area contributed by atoms with Crippen molar-refractivity contribution in [3.63, 3.8) is 0 Å². The van der Waals surface area contributed by atoms with Crippen molar-refractivity contribution in [1.29, 1.82) is 0 Å². The van der Waals surface area contributed by atoms with E-state index in [2.05, 4.69) is 5.32 Å². The number of amides is 2. The van der Waals surface area contributed by atoms with Gasteiger partial charge in [0.05, 0.1) is 18.4 Å². The summed E-state index contributed by atoms with van der Waals surface area (Å²) in [6, 6.07) is 22.3. The summed E-state index contributed by atoms with van der Waals surface area (Å²) in [6.07, 6.45) is 0. The molecule has 0 aliphatic carbocycles. The average Bonchev–Trinajstić information content (AvgIpc) is 3.23. The van der Waals surface area contributed by atoms with Crippen LogP contribution in [-0.2, 0) is 20.9 Å². The number of carboxylic acid groups (broad SMARTS) is 1. The third kappa shape index (κ3) is 2.86. The van der Waals surface area contributed by atoms with Crippen LogP contribution < -0.4 is 5.32 Å². The molecule has 2 N–H and O–H groups in total. The van der Waals surface area contributed by atoms with Gasteiger partial charge in [-0.05, 0) is 28.8 Å². The standard InChI is InChI=1S/C25H22N2O4/c1-25(24(30)31)20-19(22(28)27(23(20)29)14-15-8-3-2-4-9-15)21(26-25)18-13-7-11-16-10-5-6-12-17(16)18/h2-13,19-21,26H,14H2,1H3,(H,30,31). The fourth-order valence-electron chi connectivity index (χ4n) is 5.11. The number of rotatable bonds is 4. The van der Waals surface area contributed by atoms with E-state index in [1.807, 2.05) is 72.8 Å². The summed E-state index contributed by atoms with van der Waals surface area (Å²) in [5, 5.41) is 15.1. The highest BCUT2D eigenvalue weighted by molar-refractivity contribution is 6.09. The lowest BCUT2D eigenvalue weighted by molar-refractivity contribution is -0.150. The number of nitrogens with one attached hydrogen (secondary N) is 1. The molecule has 5 rings (SSSR count). The van der Waals surface area contributed by atoms with Crippen LogP contribution in [0.25, 0.3) is 10.8 Å². The summed E-state index contributed by atoms with van der Waals surface area (Å²) in [5.74, 6) is -3.63. The minimum atomic E-state index is -1.54. The zero-order valence-corrected chi connectivity index (χ0v) is 17.0. The Hall–Kier alpha value is -3.51. The minimum absolute atomic E-state index is 0.142. The number of carbonyl (C=O) groups is 3. The summed E-state index contributed by atoms with van der Waals surface area (Å²) in [5.41, 5.74) is 0.126. The molecule has 3 aromatic carbocycles. The van der Waals surface area contributed by atoms with Crippen molar-refractivity contribution in [2.24, 2.45) is 11.8 Å². The first-order chi connectivity index (χ1) is 14.9. The van der Waals surface area contributed by atoms with Gasteiger partial charge in [0.15, 0.2) is 0 Å². The van der Waals surface area contributed by atoms with Crippen LogP contribution >= 0.6 is 0 Å². The van der Waals surface area contributed by atoms with E-state index in [1.165, 1.54) is 11.8 Å². The number of carbonyl (C=O) groups excluding carboxylic acids is 2. The molecule has 156 valence electrons. The number of hydrogen-bond donors (Lipinski definition) is 2. The molecule has 4 unspecified atom stereocenters. The second kappa shape index (κ2) is 7.03. The molecule has 2 aliphatic rings. The number of imide groups is 1. The van der Waals surface area contributed by atoms with Crippen LogP contribution in [0.2, 0.25) is 0 Å². The number of carboxylic acids is 1. The molecular formula is C25H22N2O4. The van der Waals surface area contributed by atoms with Gasteiger partial charge in [-0.1, -0.05) is 72.8 Å². The Bertz CT molecular complexity index is 1200. The van der Waals surface area contributed by atoms with E-state index >= 15 is 0 Å². The quantitative estimate of drug-likeness (QED) is 0.641. The number of likely N-dealkylation sites (tertiary alicyclic amines) is 1. The number of benzene rings is 3.